The summed E-state index contributed by atoms with van der Waals surface area (Å²) in [5.41, 5.74) is 2.15. The maximum atomic E-state index is 12.9. The molecule has 0 atom stereocenters. The Labute approximate surface area is 188 Å². The number of sulfonamides is 1. The number of likely N-dealkylation sites (N-methyl/N-ethyl adjacent to an activating group) is 1. The molecule has 2 N–H and O–H groups in total. The third-order valence-electron chi connectivity index (χ3n) is 5.74. The lowest BCUT2D eigenvalue weighted by Gasteiger charge is -2.19. The molecular weight excluding hydrogens is 426 g/mol. The molecule has 32 heavy (non-hydrogen) atoms. The number of para-hydroxylation sites is 2. The molecule has 3 aromatic rings. The van der Waals surface area contributed by atoms with Gasteiger partial charge in [-0.25, -0.2) is 18.1 Å². The van der Waals surface area contributed by atoms with Crippen molar-refractivity contribution >= 4 is 32.9 Å². The predicted molar refractivity (Wildman–Crippen MR) is 125 cm³/mol. The Bertz CT molecular complexity index is 1200. The lowest BCUT2D eigenvalue weighted by Crippen LogP contribution is -2.27. The number of rotatable bonds is 10. The van der Waals surface area contributed by atoms with Gasteiger partial charge in [0.15, 0.2) is 0 Å². The quantitative estimate of drug-likeness (QED) is 0.490. The number of aromatic nitrogens is 2. The zero-order valence-corrected chi connectivity index (χ0v) is 19.2. The van der Waals surface area contributed by atoms with Gasteiger partial charge < -0.3 is 9.47 Å². The molecule has 1 aliphatic rings. The summed E-state index contributed by atoms with van der Waals surface area (Å²) in [5.74, 6) is 0.152. The van der Waals surface area contributed by atoms with Crippen LogP contribution in [0.3, 0.4) is 0 Å². The topological polar surface area (TPSA) is 96.3 Å². The van der Waals surface area contributed by atoms with Gasteiger partial charge in [-0.1, -0.05) is 26.0 Å². The van der Waals surface area contributed by atoms with Gasteiger partial charge in [-0.15, -0.1) is 0 Å². The van der Waals surface area contributed by atoms with Gasteiger partial charge in [-0.3, -0.25) is 10.1 Å². The molecule has 4 rings (SSSR count). The molecule has 8 nitrogen and oxygen atoms in total. The first-order chi connectivity index (χ1) is 15.4. The molecule has 1 heterocycles. The molecule has 0 unspecified atom stereocenters. The summed E-state index contributed by atoms with van der Waals surface area (Å²) >= 11 is 0. The first-order valence-corrected chi connectivity index (χ1v) is 12.5. The molecule has 0 radical (unpaired) electrons. The van der Waals surface area contributed by atoms with Gasteiger partial charge in [0.2, 0.25) is 16.0 Å². The van der Waals surface area contributed by atoms with Crippen molar-refractivity contribution in [2.75, 3.05) is 25.0 Å². The van der Waals surface area contributed by atoms with Crippen LogP contribution in [0, 0.1) is 0 Å². The van der Waals surface area contributed by atoms with Crippen LogP contribution in [-0.4, -0.2) is 54.5 Å². The van der Waals surface area contributed by atoms with Crippen molar-refractivity contribution in [2.24, 2.45) is 0 Å². The number of benzene rings is 2. The molecule has 0 saturated heterocycles. The summed E-state index contributed by atoms with van der Waals surface area (Å²) in [4.78, 5) is 20.0. The second-order valence-corrected chi connectivity index (χ2v) is 9.69. The van der Waals surface area contributed by atoms with E-state index >= 15 is 0 Å². The second kappa shape index (κ2) is 9.40. The highest BCUT2D eigenvalue weighted by atomic mass is 32.2. The minimum Gasteiger partial charge on any atom is -0.309 e. The van der Waals surface area contributed by atoms with Gasteiger partial charge >= 0.3 is 0 Å². The monoisotopic (exact) mass is 455 g/mol. The average Bonchev–Trinajstić information content (AvgIpc) is 3.53. The number of nitrogens with zero attached hydrogens (tertiary/aromatic N) is 3. The van der Waals surface area contributed by atoms with Crippen LogP contribution in [0.2, 0.25) is 0 Å². The summed E-state index contributed by atoms with van der Waals surface area (Å²) in [5, 5.41) is 2.91. The first-order valence-electron chi connectivity index (χ1n) is 11.0. The molecule has 0 spiro atoms. The lowest BCUT2D eigenvalue weighted by atomic mass is 10.2. The van der Waals surface area contributed by atoms with Crippen molar-refractivity contribution in [3.63, 3.8) is 0 Å². The predicted octanol–water partition coefficient (Wildman–Crippen LogP) is 3.07. The molecule has 0 aliphatic heterocycles. The van der Waals surface area contributed by atoms with Gasteiger partial charge in [0, 0.05) is 24.7 Å². The molecule has 2 aromatic carbocycles. The Hall–Kier alpha value is -2.75. The third kappa shape index (κ3) is 5.01. The molecule has 0 bridgehead atoms. The largest absolute Gasteiger partial charge is 0.309 e. The number of anilines is 1. The van der Waals surface area contributed by atoms with Crippen molar-refractivity contribution in [1.29, 1.82) is 0 Å². The number of fused-ring (bicyclic) bond motifs is 1. The number of amides is 1. The van der Waals surface area contributed by atoms with Crippen molar-refractivity contribution in [3.05, 3.63) is 54.1 Å². The van der Waals surface area contributed by atoms with Crippen molar-refractivity contribution in [2.45, 2.75) is 44.2 Å². The van der Waals surface area contributed by atoms with Gasteiger partial charge in [0.05, 0.1) is 15.9 Å². The maximum Gasteiger partial charge on any atom is 0.257 e. The van der Waals surface area contributed by atoms with E-state index < -0.39 is 10.0 Å². The Balaban J connectivity index is 1.53. The lowest BCUT2D eigenvalue weighted by molar-refractivity contribution is 0.102. The van der Waals surface area contributed by atoms with E-state index in [9.17, 15) is 13.2 Å². The van der Waals surface area contributed by atoms with Crippen LogP contribution in [0.25, 0.3) is 11.0 Å². The van der Waals surface area contributed by atoms with Crippen LogP contribution in [-0.2, 0) is 16.6 Å². The zero-order chi connectivity index (χ0) is 22.7. The average molecular weight is 456 g/mol. The standard InChI is InChI=1S/C23H29N5O3S/c1-3-27(4-2)15-16-28-21-8-6-5-7-20(21)24-23(28)25-22(29)17-9-13-19(14-10-17)32(30,31)26-18-11-12-18/h5-10,13-14,18,26H,3-4,11-12,15-16H2,1-2H3,(H,24,25,29). The second-order valence-electron chi connectivity index (χ2n) is 7.98. The molecule has 1 saturated carbocycles. The SMILES string of the molecule is CCN(CC)CCn1c(NC(=O)c2ccc(S(=O)(=O)NC3CC3)cc2)nc2ccccc21. The summed E-state index contributed by atoms with van der Waals surface area (Å²) < 4.78 is 29.4. The van der Waals surface area contributed by atoms with Gasteiger partial charge in [-0.2, -0.15) is 0 Å². The fourth-order valence-corrected chi connectivity index (χ4v) is 4.93. The van der Waals surface area contributed by atoms with E-state index in [0.29, 0.717) is 18.1 Å². The number of hydrogen-bond donors (Lipinski definition) is 2. The van der Waals surface area contributed by atoms with Crippen LogP contribution in [0.5, 0.6) is 0 Å². The zero-order valence-electron chi connectivity index (χ0n) is 18.4. The van der Waals surface area contributed by atoms with E-state index in [1.807, 2.05) is 28.8 Å². The molecule has 1 aliphatic carbocycles. The van der Waals surface area contributed by atoms with Crippen LogP contribution < -0.4 is 10.0 Å². The normalized spacial score (nSPS) is 14.2. The smallest absolute Gasteiger partial charge is 0.257 e. The van der Waals surface area contributed by atoms with Gasteiger partial charge in [0.25, 0.3) is 5.91 Å². The van der Waals surface area contributed by atoms with Gasteiger partial charge in [-0.05, 0) is 62.3 Å². The van der Waals surface area contributed by atoms with E-state index in [-0.39, 0.29) is 16.8 Å². The minimum absolute atomic E-state index is 0.0345. The molecule has 1 fully saturated rings. The van der Waals surface area contributed by atoms with Crippen LogP contribution in [0.15, 0.2) is 53.4 Å². The van der Waals surface area contributed by atoms with Crippen LogP contribution in [0.4, 0.5) is 5.95 Å². The molecule has 170 valence electrons. The van der Waals surface area contributed by atoms with Gasteiger partial charge in [0.1, 0.15) is 0 Å². The minimum atomic E-state index is -3.55. The number of carbonyl (C=O) groups excluding carboxylic acids is 1. The Morgan fingerprint density at radius 2 is 1.78 bits per heavy atom. The summed E-state index contributed by atoms with van der Waals surface area (Å²) in [6, 6.07) is 13.8. The van der Waals surface area contributed by atoms with Crippen LogP contribution >= 0.6 is 0 Å². The highest BCUT2D eigenvalue weighted by molar-refractivity contribution is 7.89. The van der Waals surface area contributed by atoms with E-state index in [4.69, 9.17) is 0 Å². The Morgan fingerprint density at radius 3 is 2.44 bits per heavy atom. The number of hydrogen-bond acceptors (Lipinski definition) is 5. The molecule has 9 heteroatoms. The van der Waals surface area contributed by atoms with E-state index in [0.717, 1.165) is 43.5 Å². The van der Waals surface area contributed by atoms with Crippen molar-refractivity contribution < 1.29 is 13.2 Å². The van der Waals surface area contributed by atoms with E-state index in [2.05, 4.69) is 33.8 Å². The number of carbonyl (C=O) groups is 1. The Morgan fingerprint density at radius 1 is 1.09 bits per heavy atom. The molecule has 1 aromatic heterocycles. The number of imidazole rings is 1. The molecule has 1 amide bonds. The van der Waals surface area contributed by atoms with E-state index in [1.54, 1.807) is 0 Å². The molecular formula is C23H29N5O3S. The van der Waals surface area contributed by atoms with E-state index in [1.165, 1.54) is 24.3 Å². The summed E-state index contributed by atoms with van der Waals surface area (Å²) in [7, 11) is -3.55. The van der Waals surface area contributed by atoms with Crippen molar-refractivity contribution in [3.8, 4) is 0 Å². The summed E-state index contributed by atoms with van der Waals surface area (Å²) in [6.45, 7) is 7.70. The van der Waals surface area contributed by atoms with Crippen LogP contribution in [0.1, 0.15) is 37.0 Å². The Kier molecular flexibility index (Phi) is 6.59. The number of nitrogens with one attached hydrogen (secondary N) is 2. The fraction of sp³-hybridized carbons (Fsp3) is 0.391. The first kappa shape index (κ1) is 22.4. The van der Waals surface area contributed by atoms with Crippen molar-refractivity contribution in [1.82, 2.24) is 19.2 Å². The maximum absolute atomic E-state index is 12.9. The highest BCUT2D eigenvalue weighted by Gasteiger charge is 2.28. The third-order valence-corrected chi connectivity index (χ3v) is 7.28. The highest BCUT2D eigenvalue weighted by Crippen LogP contribution is 2.23. The fourth-order valence-electron chi connectivity index (χ4n) is 3.63. The summed E-state index contributed by atoms with van der Waals surface area (Å²) in [6.07, 6.45) is 1.74.